The molecule has 2 amide bonds. The lowest BCUT2D eigenvalue weighted by Crippen LogP contribution is -2.33. The van der Waals surface area contributed by atoms with Gasteiger partial charge in [-0.25, -0.2) is 9.69 Å². The molecule has 2 aromatic rings. The third-order valence-corrected chi connectivity index (χ3v) is 4.25. The van der Waals surface area contributed by atoms with E-state index in [0.29, 0.717) is 16.0 Å². The third-order valence-electron chi connectivity index (χ3n) is 3.25. The van der Waals surface area contributed by atoms with E-state index in [-0.39, 0.29) is 6.73 Å². The van der Waals surface area contributed by atoms with Gasteiger partial charge in [-0.1, -0.05) is 12.1 Å². The molecule has 1 aromatic carbocycles. The van der Waals surface area contributed by atoms with E-state index >= 15 is 0 Å². The van der Waals surface area contributed by atoms with Gasteiger partial charge in [0.2, 0.25) is 0 Å². The summed E-state index contributed by atoms with van der Waals surface area (Å²) in [6.07, 6.45) is 0. The second-order valence-electron chi connectivity index (χ2n) is 4.58. The van der Waals surface area contributed by atoms with Crippen LogP contribution in [-0.4, -0.2) is 29.4 Å². The second kappa shape index (κ2) is 5.14. The smallest absolute Gasteiger partial charge is 0.350 e. The van der Waals surface area contributed by atoms with Gasteiger partial charge in [-0.2, -0.15) is 0 Å². The number of aryl methyl sites for hydroxylation is 1. The SMILES string of the molecule is Cc1ccsc1C(=O)OCN1C(=O)c2ccccc2C1=O. The Morgan fingerprint density at radius 2 is 1.76 bits per heavy atom. The molecule has 0 fully saturated rings. The van der Waals surface area contributed by atoms with E-state index in [1.54, 1.807) is 36.6 Å². The summed E-state index contributed by atoms with van der Waals surface area (Å²) in [6, 6.07) is 8.36. The Labute approximate surface area is 124 Å². The largest absolute Gasteiger partial charge is 0.439 e. The fraction of sp³-hybridized carbons (Fsp3) is 0.133. The summed E-state index contributed by atoms with van der Waals surface area (Å²) in [7, 11) is 0. The van der Waals surface area contributed by atoms with Gasteiger partial charge < -0.3 is 4.74 Å². The molecule has 1 aromatic heterocycles. The standard InChI is InChI=1S/C15H11NO4S/c1-9-6-7-21-12(9)15(19)20-8-16-13(17)10-4-2-3-5-11(10)14(16)18/h2-7H,8H2,1H3. The minimum Gasteiger partial charge on any atom is -0.439 e. The summed E-state index contributed by atoms with van der Waals surface area (Å²) >= 11 is 1.27. The summed E-state index contributed by atoms with van der Waals surface area (Å²) in [5.41, 5.74) is 1.49. The quantitative estimate of drug-likeness (QED) is 0.645. The first-order chi connectivity index (χ1) is 10.1. The molecule has 0 radical (unpaired) electrons. The van der Waals surface area contributed by atoms with Crippen molar-refractivity contribution >= 4 is 29.1 Å². The van der Waals surface area contributed by atoms with Crippen molar-refractivity contribution in [2.24, 2.45) is 0 Å². The van der Waals surface area contributed by atoms with Crippen LogP contribution in [-0.2, 0) is 4.74 Å². The topological polar surface area (TPSA) is 63.7 Å². The fourth-order valence-electron chi connectivity index (χ4n) is 2.13. The van der Waals surface area contributed by atoms with Gasteiger partial charge in [-0.15, -0.1) is 11.3 Å². The van der Waals surface area contributed by atoms with E-state index < -0.39 is 17.8 Å². The van der Waals surface area contributed by atoms with E-state index in [9.17, 15) is 14.4 Å². The van der Waals surface area contributed by atoms with Crippen LogP contribution in [0.5, 0.6) is 0 Å². The number of amides is 2. The van der Waals surface area contributed by atoms with E-state index in [2.05, 4.69) is 0 Å². The normalized spacial score (nSPS) is 13.5. The van der Waals surface area contributed by atoms with Crippen LogP contribution < -0.4 is 0 Å². The van der Waals surface area contributed by atoms with Gasteiger partial charge in [-0.05, 0) is 36.1 Å². The number of esters is 1. The molecule has 0 saturated heterocycles. The molecule has 0 atom stereocenters. The molecule has 0 N–H and O–H groups in total. The molecule has 0 spiro atoms. The molecule has 106 valence electrons. The zero-order valence-corrected chi connectivity index (χ0v) is 12.0. The Morgan fingerprint density at radius 3 is 2.29 bits per heavy atom. The first-order valence-electron chi connectivity index (χ1n) is 6.26. The highest BCUT2D eigenvalue weighted by molar-refractivity contribution is 7.12. The lowest BCUT2D eigenvalue weighted by molar-refractivity contribution is 0.0231. The number of thiophene rings is 1. The minimum atomic E-state index is -0.529. The van der Waals surface area contributed by atoms with Gasteiger partial charge in [0, 0.05) is 0 Å². The van der Waals surface area contributed by atoms with Crippen molar-refractivity contribution in [1.29, 1.82) is 0 Å². The molecule has 0 bridgehead atoms. The van der Waals surface area contributed by atoms with Crippen molar-refractivity contribution in [3.8, 4) is 0 Å². The fourth-order valence-corrected chi connectivity index (χ4v) is 2.94. The molecule has 0 saturated carbocycles. The molecular formula is C15H11NO4S. The summed E-state index contributed by atoms with van der Waals surface area (Å²) < 4.78 is 5.08. The minimum absolute atomic E-state index is 0.339. The maximum atomic E-state index is 12.1. The van der Waals surface area contributed by atoms with Crippen LogP contribution in [0.3, 0.4) is 0 Å². The van der Waals surface area contributed by atoms with Crippen LogP contribution >= 0.6 is 11.3 Å². The molecule has 0 aliphatic carbocycles. The van der Waals surface area contributed by atoms with Gasteiger partial charge in [0.25, 0.3) is 11.8 Å². The Balaban J connectivity index is 1.73. The Bertz CT molecular complexity index is 715. The summed E-state index contributed by atoms with van der Waals surface area (Å²) in [5, 5.41) is 1.79. The number of imide groups is 1. The number of carbonyl (C=O) groups excluding carboxylic acids is 3. The van der Waals surface area contributed by atoms with Crippen LogP contribution in [0, 0.1) is 6.92 Å². The monoisotopic (exact) mass is 301 g/mol. The average molecular weight is 301 g/mol. The maximum absolute atomic E-state index is 12.1. The van der Waals surface area contributed by atoms with E-state index in [1.165, 1.54) is 11.3 Å². The number of carbonyl (C=O) groups is 3. The molecule has 0 unspecified atom stereocenters. The highest BCUT2D eigenvalue weighted by Crippen LogP contribution is 2.23. The number of nitrogens with zero attached hydrogens (tertiary/aromatic N) is 1. The number of rotatable bonds is 3. The number of hydrogen-bond donors (Lipinski definition) is 0. The zero-order chi connectivity index (χ0) is 15.0. The Hall–Kier alpha value is -2.47. The maximum Gasteiger partial charge on any atom is 0.350 e. The van der Waals surface area contributed by atoms with Crippen molar-refractivity contribution < 1.29 is 19.1 Å². The van der Waals surface area contributed by atoms with E-state index in [1.807, 2.05) is 6.07 Å². The van der Waals surface area contributed by atoms with Gasteiger partial charge >= 0.3 is 5.97 Å². The summed E-state index contributed by atoms with van der Waals surface area (Å²) in [4.78, 5) is 37.5. The van der Waals surface area contributed by atoms with Crippen LogP contribution in [0.1, 0.15) is 36.0 Å². The molecule has 3 rings (SSSR count). The van der Waals surface area contributed by atoms with Crippen molar-refractivity contribution in [1.82, 2.24) is 4.90 Å². The van der Waals surface area contributed by atoms with Crippen molar-refractivity contribution in [2.75, 3.05) is 6.73 Å². The molecular weight excluding hydrogens is 290 g/mol. The molecule has 5 nitrogen and oxygen atoms in total. The van der Waals surface area contributed by atoms with Gasteiger partial charge in [0.05, 0.1) is 11.1 Å². The lowest BCUT2D eigenvalue weighted by atomic mass is 10.1. The highest BCUT2D eigenvalue weighted by Gasteiger charge is 2.35. The molecule has 1 aliphatic heterocycles. The summed E-state index contributed by atoms with van der Waals surface area (Å²) in [5.74, 6) is -1.41. The number of fused-ring (bicyclic) bond motifs is 1. The third kappa shape index (κ3) is 2.23. The molecule has 21 heavy (non-hydrogen) atoms. The van der Waals surface area contributed by atoms with Gasteiger partial charge in [-0.3, -0.25) is 9.59 Å². The molecule has 2 heterocycles. The predicted molar refractivity (Wildman–Crippen MR) is 76.3 cm³/mol. The van der Waals surface area contributed by atoms with Crippen LogP contribution in [0.15, 0.2) is 35.7 Å². The van der Waals surface area contributed by atoms with Gasteiger partial charge in [0.15, 0.2) is 6.73 Å². The summed E-state index contributed by atoms with van der Waals surface area (Å²) in [6.45, 7) is 1.43. The van der Waals surface area contributed by atoms with E-state index in [4.69, 9.17) is 4.74 Å². The van der Waals surface area contributed by atoms with Crippen molar-refractivity contribution in [3.63, 3.8) is 0 Å². The highest BCUT2D eigenvalue weighted by atomic mass is 32.1. The molecule has 6 heteroatoms. The molecule has 1 aliphatic rings. The van der Waals surface area contributed by atoms with Crippen LogP contribution in [0.2, 0.25) is 0 Å². The van der Waals surface area contributed by atoms with Crippen molar-refractivity contribution in [3.05, 3.63) is 57.3 Å². The number of hydrogen-bond acceptors (Lipinski definition) is 5. The first kappa shape index (κ1) is 13.5. The Morgan fingerprint density at radius 1 is 1.14 bits per heavy atom. The van der Waals surface area contributed by atoms with Crippen LogP contribution in [0.4, 0.5) is 0 Å². The Kier molecular flexibility index (Phi) is 3.31. The second-order valence-corrected chi connectivity index (χ2v) is 5.49. The zero-order valence-electron chi connectivity index (χ0n) is 11.2. The number of ether oxygens (including phenoxy) is 1. The van der Waals surface area contributed by atoms with Gasteiger partial charge in [0.1, 0.15) is 4.88 Å². The lowest BCUT2D eigenvalue weighted by Gasteiger charge is -2.13. The predicted octanol–water partition coefficient (Wildman–Crippen LogP) is 2.47. The van der Waals surface area contributed by atoms with E-state index in [0.717, 1.165) is 10.5 Å². The van der Waals surface area contributed by atoms with Crippen molar-refractivity contribution in [2.45, 2.75) is 6.92 Å². The van der Waals surface area contributed by atoms with Crippen LogP contribution in [0.25, 0.3) is 0 Å². The number of benzene rings is 1. The first-order valence-corrected chi connectivity index (χ1v) is 7.14. The average Bonchev–Trinajstić information content (AvgIpc) is 3.01.